The molecular weight excluding hydrogens is 521 g/mol. The third-order valence-corrected chi connectivity index (χ3v) is 9.27. The maximum Gasteiger partial charge on any atom is 0.244 e. The number of sulfonamides is 1. The molecule has 3 aromatic rings. The van der Waals surface area contributed by atoms with E-state index in [0.29, 0.717) is 43.4 Å². The molecule has 0 unspecified atom stereocenters. The van der Waals surface area contributed by atoms with Gasteiger partial charge in [0.15, 0.2) is 16.6 Å². The first-order valence-corrected chi connectivity index (χ1v) is 13.3. The quantitative estimate of drug-likeness (QED) is 0.428. The van der Waals surface area contributed by atoms with Gasteiger partial charge in [-0.25, -0.2) is 13.4 Å². The van der Waals surface area contributed by atoms with Crippen molar-refractivity contribution in [3.05, 3.63) is 45.8 Å². The molecule has 4 rings (SSSR count). The highest BCUT2D eigenvalue weighted by atomic mass is 35.5. The Hall–Kier alpha value is -2.24. The van der Waals surface area contributed by atoms with Gasteiger partial charge >= 0.3 is 0 Å². The second kappa shape index (κ2) is 10.2. The zero-order chi connectivity index (χ0) is 24.5. The van der Waals surface area contributed by atoms with Crippen molar-refractivity contribution in [3.8, 4) is 28.5 Å². The number of hydrogen-bond donors (Lipinski definition) is 0. The number of nitrogens with zero attached hydrogens (tertiary/aromatic N) is 3. The molecule has 2 aromatic carbocycles. The van der Waals surface area contributed by atoms with Crippen LogP contribution in [0.1, 0.15) is 0 Å². The van der Waals surface area contributed by atoms with Crippen LogP contribution in [0.3, 0.4) is 0 Å². The highest BCUT2D eigenvalue weighted by molar-refractivity contribution is 7.89. The Balaban J connectivity index is 1.51. The van der Waals surface area contributed by atoms with Crippen LogP contribution < -0.4 is 19.1 Å². The Morgan fingerprint density at radius 3 is 2.21 bits per heavy atom. The summed E-state index contributed by atoms with van der Waals surface area (Å²) in [5, 5.41) is 3.01. The van der Waals surface area contributed by atoms with Crippen LogP contribution in [0.5, 0.6) is 17.2 Å². The van der Waals surface area contributed by atoms with Gasteiger partial charge in [0.05, 0.1) is 37.1 Å². The summed E-state index contributed by atoms with van der Waals surface area (Å²) in [5.41, 5.74) is 1.59. The number of benzene rings is 2. The number of methoxy groups -OCH3 is 3. The second-order valence-electron chi connectivity index (χ2n) is 7.37. The minimum absolute atomic E-state index is 0.0223. The lowest BCUT2D eigenvalue weighted by Crippen LogP contribution is -2.48. The summed E-state index contributed by atoms with van der Waals surface area (Å²) < 4.78 is 43.9. The molecule has 0 saturated carbocycles. The van der Waals surface area contributed by atoms with E-state index < -0.39 is 10.0 Å². The number of rotatable bonds is 7. The van der Waals surface area contributed by atoms with Gasteiger partial charge in [-0.05, 0) is 24.3 Å². The summed E-state index contributed by atoms with van der Waals surface area (Å²) in [5.74, 6) is 1.61. The predicted molar refractivity (Wildman–Crippen MR) is 135 cm³/mol. The molecule has 0 aliphatic carbocycles. The molecule has 0 bridgehead atoms. The highest BCUT2D eigenvalue weighted by Crippen LogP contribution is 2.42. The largest absolute Gasteiger partial charge is 0.493 e. The maximum atomic E-state index is 13.1. The van der Waals surface area contributed by atoms with Crippen molar-refractivity contribution in [3.63, 3.8) is 0 Å². The van der Waals surface area contributed by atoms with Gasteiger partial charge in [-0.15, -0.1) is 11.3 Å². The normalized spacial score (nSPS) is 14.8. The Kier molecular flexibility index (Phi) is 7.44. The fraction of sp³-hybridized carbons (Fsp3) is 0.318. The molecule has 1 aliphatic rings. The maximum absolute atomic E-state index is 13.1. The molecule has 1 aliphatic heterocycles. The van der Waals surface area contributed by atoms with Gasteiger partial charge in [-0.2, -0.15) is 4.31 Å². The monoisotopic (exact) mass is 543 g/mol. The molecule has 1 fully saturated rings. The van der Waals surface area contributed by atoms with E-state index in [-0.39, 0.29) is 14.9 Å². The fourth-order valence-electron chi connectivity index (χ4n) is 3.71. The summed E-state index contributed by atoms with van der Waals surface area (Å²) in [6.45, 7) is 1.62. The van der Waals surface area contributed by atoms with Crippen LogP contribution in [0.15, 0.2) is 40.6 Å². The van der Waals surface area contributed by atoms with Gasteiger partial charge in [-0.1, -0.05) is 29.3 Å². The molecule has 1 saturated heterocycles. The third-order valence-electron chi connectivity index (χ3n) is 5.50. The van der Waals surface area contributed by atoms with E-state index in [1.165, 1.54) is 21.7 Å². The standard InChI is InChI=1S/C22H23Cl2N3O5S2/c1-30-17-11-14(12-18(31-2)21(17)32-3)16-13-33-22(25-16)26-7-9-27(10-8-26)34(28,29)19-6-4-5-15(23)20(19)24/h4-6,11-13H,7-10H2,1-3H3. The molecule has 8 nitrogen and oxygen atoms in total. The number of ether oxygens (including phenoxy) is 3. The Morgan fingerprint density at radius 2 is 1.62 bits per heavy atom. The number of anilines is 1. The first-order valence-electron chi connectivity index (χ1n) is 10.2. The fourth-order valence-corrected chi connectivity index (χ4v) is 6.76. The van der Waals surface area contributed by atoms with Gasteiger partial charge in [-0.3, -0.25) is 0 Å². The van der Waals surface area contributed by atoms with Crippen molar-refractivity contribution < 1.29 is 22.6 Å². The van der Waals surface area contributed by atoms with Crippen LogP contribution in [0.2, 0.25) is 10.0 Å². The van der Waals surface area contributed by atoms with Gasteiger partial charge in [0.2, 0.25) is 15.8 Å². The molecular formula is C22H23Cl2N3O5S2. The van der Waals surface area contributed by atoms with E-state index in [0.717, 1.165) is 16.4 Å². The van der Waals surface area contributed by atoms with Crippen LogP contribution in [-0.2, 0) is 10.0 Å². The molecule has 1 aromatic heterocycles. The van der Waals surface area contributed by atoms with E-state index in [1.807, 2.05) is 17.5 Å². The van der Waals surface area contributed by atoms with E-state index in [9.17, 15) is 8.42 Å². The van der Waals surface area contributed by atoms with Crippen LogP contribution in [-0.4, -0.2) is 65.2 Å². The molecule has 0 N–H and O–H groups in total. The van der Waals surface area contributed by atoms with Crippen molar-refractivity contribution in [1.29, 1.82) is 0 Å². The number of piperazine rings is 1. The van der Waals surface area contributed by atoms with Crippen molar-refractivity contribution in [2.24, 2.45) is 0 Å². The Morgan fingerprint density at radius 1 is 0.971 bits per heavy atom. The SMILES string of the molecule is COc1cc(-c2csc(N3CCN(S(=O)(=O)c4cccc(Cl)c4Cl)CC3)n2)cc(OC)c1OC. The lowest BCUT2D eigenvalue weighted by molar-refractivity contribution is 0.324. The Bertz CT molecular complexity index is 1270. The van der Waals surface area contributed by atoms with Crippen molar-refractivity contribution in [1.82, 2.24) is 9.29 Å². The van der Waals surface area contributed by atoms with Crippen molar-refractivity contribution in [2.45, 2.75) is 4.90 Å². The van der Waals surface area contributed by atoms with Crippen molar-refractivity contribution in [2.75, 3.05) is 52.4 Å². The zero-order valence-electron chi connectivity index (χ0n) is 18.7. The summed E-state index contributed by atoms with van der Waals surface area (Å²) in [6.07, 6.45) is 0. The summed E-state index contributed by atoms with van der Waals surface area (Å²) in [7, 11) is 0.944. The number of thiazole rings is 1. The average Bonchev–Trinajstić information content (AvgIpc) is 3.35. The topological polar surface area (TPSA) is 81.2 Å². The van der Waals surface area contributed by atoms with Gasteiger partial charge in [0.1, 0.15) is 4.90 Å². The summed E-state index contributed by atoms with van der Waals surface area (Å²) in [6, 6.07) is 8.31. The summed E-state index contributed by atoms with van der Waals surface area (Å²) in [4.78, 5) is 6.86. The van der Waals surface area contributed by atoms with E-state index in [1.54, 1.807) is 33.5 Å². The molecule has 0 spiro atoms. The molecule has 34 heavy (non-hydrogen) atoms. The minimum Gasteiger partial charge on any atom is -0.493 e. The van der Waals surface area contributed by atoms with Crippen LogP contribution in [0, 0.1) is 0 Å². The first-order chi connectivity index (χ1) is 16.3. The van der Waals surface area contributed by atoms with Gasteiger partial charge < -0.3 is 19.1 Å². The molecule has 182 valence electrons. The minimum atomic E-state index is -3.75. The highest BCUT2D eigenvalue weighted by Gasteiger charge is 2.31. The van der Waals surface area contributed by atoms with Crippen LogP contribution in [0.4, 0.5) is 5.13 Å². The number of halogens is 2. The molecule has 0 atom stereocenters. The lowest BCUT2D eigenvalue weighted by Gasteiger charge is -2.34. The molecule has 0 amide bonds. The molecule has 12 heteroatoms. The van der Waals surface area contributed by atoms with Crippen LogP contribution >= 0.6 is 34.5 Å². The third kappa shape index (κ3) is 4.65. The first kappa shape index (κ1) is 24.9. The Labute approximate surface area is 212 Å². The molecule has 0 radical (unpaired) electrons. The van der Waals surface area contributed by atoms with E-state index >= 15 is 0 Å². The zero-order valence-corrected chi connectivity index (χ0v) is 21.9. The number of aromatic nitrogens is 1. The molecule has 2 heterocycles. The van der Waals surface area contributed by atoms with Gasteiger partial charge in [0.25, 0.3) is 0 Å². The van der Waals surface area contributed by atoms with Crippen LogP contribution in [0.25, 0.3) is 11.3 Å². The predicted octanol–water partition coefficient (Wildman–Crippen LogP) is 4.65. The summed E-state index contributed by atoms with van der Waals surface area (Å²) >= 11 is 13.7. The smallest absolute Gasteiger partial charge is 0.244 e. The number of hydrogen-bond acceptors (Lipinski definition) is 8. The van der Waals surface area contributed by atoms with E-state index in [2.05, 4.69) is 4.90 Å². The van der Waals surface area contributed by atoms with Gasteiger partial charge in [0, 0.05) is 37.1 Å². The average molecular weight is 544 g/mol. The van der Waals surface area contributed by atoms with Crippen molar-refractivity contribution >= 4 is 49.7 Å². The van der Waals surface area contributed by atoms with E-state index in [4.69, 9.17) is 42.4 Å². The lowest BCUT2D eigenvalue weighted by atomic mass is 10.1. The second-order valence-corrected chi connectivity index (χ2v) is 10.9.